The largest absolute Gasteiger partial charge is 1.00 e. The van der Waals surface area contributed by atoms with Gasteiger partial charge in [0.25, 0.3) is 0 Å². The zero-order valence-electron chi connectivity index (χ0n) is 12.9. The van der Waals surface area contributed by atoms with E-state index in [1.165, 1.54) is 13.8 Å². The first-order valence-electron chi connectivity index (χ1n) is 6.55. The minimum Gasteiger partial charge on any atom is -0.543 e. The topological polar surface area (TPSA) is 127 Å². The van der Waals surface area contributed by atoms with Gasteiger partial charge in [-0.2, -0.15) is 0 Å². The summed E-state index contributed by atoms with van der Waals surface area (Å²) in [4.78, 5) is 35.0. The van der Waals surface area contributed by atoms with Crippen molar-refractivity contribution < 1.29 is 58.4 Å². The van der Waals surface area contributed by atoms with Gasteiger partial charge in [-0.1, -0.05) is 0 Å². The smallest absolute Gasteiger partial charge is 0.543 e. The minimum atomic E-state index is -1.82. The van der Waals surface area contributed by atoms with Crippen LogP contribution in [0.1, 0.15) is 20.3 Å². The molecule has 0 aliphatic carbocycles. The molecule has 0 spiro atoms. The summed E-state index contributed by atoms with van der Waals surface area (Å²) in [5.41, 5.74) is -0.405. The Morgan fingerprint density at radius 1 is 1.52 bits per heavy atom. The number of nitrogens with one attached hydrogen (secondary N) is 1. The zero-order valence-corrected chi connectivity index (χ0v) is 15.8. The Morgan fingerprint density at radius 3 is 2.61 bits per heavy atom. The van der Waals surface area contributed by atoms with Crippen LogP contribution >= 0.6 is 0 Å². The standard InChI is InChI=1S/C13H16N2O6S.Na/c1-6(16)10-8-5-9(22(21)4-3-14-7(2)17)11(13(19)20)15(8)12(10)18;/h3-4,6,8,10,16H,5H2,1-2H3,(H,14,17)(H,19,20);/q;+1/p-1/b4-3+;/t6?,8-,10+,22?;/m1./s1. The first-order chi connectivity index (χ1) is 10.3. The summed E-state index contributed by atoms with van der Waals surface area (Å²) in [7, 11) is -1.82. The molecule has 1 fully saturated rings. The van der Waals surface area contributed by atoms with Crippen LogP contribution in [0.2, 0.25) is 0 Å². The summed E-state index contributed by atoms with van der Waals surface area (Å²) in [5.74, 6) is -3.17. The minimum absolute atomic E-state index is 0. The fraction of sp³-hybridized carbons (Fsp3) is 0.462. The summed E-state index contributed by atoms with van der Waals surface area (Å²) >= 11 is 0. The van der Waals surface area contributed by atoms with Gasteiger partial charge in [0.15, 0.2) is 0 Å². The monoisotopic (exact) mass is 350 g/mol. The molecule has 0 saturated carbocycles. The van der Waals surface area contributed by atoms with E-state index in [0.29, 0.717) is 0 Å². The van der Waals surface area contributed by atoms with E-state index in [2.05, 4.69) is 5.32 Å². The van der Waals surface area contributed by atoms with Gasteiger partial charge in [-0.05, 0) is 6.92 Å². The van der Waals surface area contributed by atoms with Crippen molar-refractivity contribution in [1.29, 1.82) is 0 Å². The molecule has 2 rings (SSSR count). The van der Waals surface area contributed by atoms with E-state index in [9.17, 15) is 28.8 Å². The first-order valence-corrected chi connectivity index (χ1v) is 7.77. The van der Waals surface area contributed by atoms with Crippen LogP contribution < -0.4 is 40.0 Å². The second-order valence-electron chi connectivity index (χ2n) is 5.11. The van der Waals surface area contributed by atoms with Gasteiger partial charge in [-0.25, -0.2) is 4.21 Å². The number of hydrogen-bond acceptors (Lipinski definition) is 6. The fourth-order valence-electron chi connectivity index (χ4n) is 2.70. The Balaban J connectivity index is 0.00000264. The molecule has 2 N–H and O–H groups in total. The molecule has 23 heavy (non-hydrogen) atoms. The number of amides is 2. The molecule has 4 atom stereocenters. The Kier molecular flexibility index (Phi) is 6.72. The molecule has 120 valence electrons. The molecule has 1 saturated heterocycles. The number of carbonyl (C=O) groups is 3. The third-order valence-electron chi connectivity index (χ3n) is 3.60. The molecule has 0 radical (unpaired) electrons. The number of carbonyl (C=O) groups excluding carboxylic acids is 3. The number of fused-ring (bicyclic) bond motifs is 1. The maximum atomic E-state index is 12.2. The van der Waals surface area contributed by atoms with Gasteiger partial charge in [0.1, 0.15) is 0 Å². The molecule has 2 amide bonds. The van der Waals surface area contributed by atoms with Crippen molar-refractivity contribution in [3.8, 4) is 0 Å². The molecule has 0 aromatic heterocycles. The van der Waals surface area contributed by atoms with Crippen LogP contribution in [0.4, 0.5) is 0 Å². The normalized spacial score (nSPS) is 25.5. The maximum absolute atomic E-state index is 12.2. The predicted octanol–water partition coefficient (Wildman–Crippen LogP) is -5.08. The van der Waals surface area contributed by atoms with E-state index in [1.54, 1.807) is 0 Å². The van der Waals surface area contributed by atoms with Gasteiger partial charge >= 0.3 is 29.6 Å². The average molecular weight is 350 g/mol. The van der Waals surface area contributed by atoms with Gasteiger partial charge in [-0.3, -0.25) is 9.59 Å². The van der Waals surface area contributed by atoms with Crippen molar-refractivity contribution in [3.05, 3.63) is 22.2 Å². The summed E-state index contributed by atoms with van der Waals surface area (Å²) in [6.07, 6.45) is 0.322. The Labute approximate surface area is 157 Å². The number of aliphatic hydroxyl groups is 1. The van der Waals surface area contributed by atoms with Gasteiger partial charge < -0.3 is 25.2 Å². The van der Waals surface area contributed by atoms with Crippen LogP contribution in [-0.2, 0) is 25.2 Å². The Bertz CT molecular complexity index is 630. The molecule has 2 aliphatic heterocycles. The summed E-state index contributed by atoms with van der Waals surface area (Å²) in [6, 6.07) is -0.520. The van der Waals surface area contributed by atoms with Gasteiger partial charge in [0, 0.05) is 29.9 Å². The van der Waals surface area contributed by atoms with E-state index < -0.39 is 46.4 Å². The Morgan fingerprint density at radius 2 is 2.13 bits per heavy atom. The van der Waals surface area contributed by atoms with Crippen molar-refractivity contribution in [2.75, 3.05) is 0 Å². The van der Waals surface area contributed by atoms with E-state index in [1.807, 2.05) is 0 Å². The van der Waals surface area contributed by atoms with Crippen molar-refractivity contribution >= 4 is 28.6 Å². The van der Waals surface area contributed by atoms with E-state index in [4.69, 9.17) is 0 Å². The molecule has 2 aliphatic rings. The van der Waals surface area contributed by atoms with Gasteiger partial charge in [0.2, 0.25) is 11.8 Å². The number of nitrogens with zero attached hydrogens (tertiary/aromatic N) is 1. The van der Waals surface area contributed by atoms with Crippen LogP contribution in [0.3, 0.4) is 0 Å². The predicted molar refractivity (Wildman–Crippen MR) is 73.6 cm³/mol. The fourth-order valence-corrected chi connectivity index (χ4v) is 3.76. The summed E-state index contributed by atoms with van der Waals surface area (Å²) in [5, 5.41) is 24.3. The van der Waals surface area contributed by atoms with E-state index >= 15 is 0 Å². The zero-order chi connectivity index (χ0) is 16.6. The number of aliphatic carboxylic acids is 1. The number of carboxylic acid groups (broad SMARTS) is 1. The van der Waals surface area contributed by atoms with Crippen LogP contribution in [0, 0.1) is 5.92 Å². The van der Waals surface area contributed by atoms with Crippen LogP contribution in [0.15, 0.2) is 22.2 Å². The van der Waals surface area contributed by atoms with Crippen molar-refractivity contribution in [2.24, 2.45) is 5.92 Å². The number of rotatable bonds is 5. The average Bonchev–Trinajstić information content (AvgIpc) is 2.72. The number of aliphatic hydroxyl groups excluding tert-OH is 1. The molecule has 8 nitrogen and oxygen atoms in total. The van der Waals surface area contributed by atoms with E-state index in [0.717, 1.165) is 16.5 Å². The molecule has 0 bridgehead atoms. The van der Waals surface area contributed by atoms with Crippen molar-refractivity contribution in [2.45, 2.75) is 32.4 Å². The molecule has 10 heteroatoms. The third-order valence-corrected chi connectivity index (χ3v) is 4.83. The number of carboxylic acids is 1. The number of β-lactam (4-membered cyclic amide) rings is 1. The molecule has 2 heterocycles. The van der Waals surface area contributed by atoms with E-state index in [-0.39, 0.29) is 46.8 Å². The van der Waals surface area contributed by atoms with Gasteiger partial charge in [-0.15, -0.1) is 0 Å². The Hall–Kier alpha value is -1.00. The molecule has 2 unspecified atom stereocenters. The van der Waals surface area contributed by atoms with Crippen LogP contribution in [0.25, 0.3) is 0 Å². The van der Waals surface area contributed by atoms with Crippen molar-refractivity contribution in [1.82, 2.24) is 10.2 Å². The quantitative estimate of drug-likeness (QED) is 0.377. The SMILES string of the molecule is CC(=O)N/C=C/S(=O)C1=C(C(=O)[O-])N2C(=O)[C@@H](C(C)O)[C@H]2C1.[Na+]. The molecule has 0 aromatic carbocycles. The second-order valence-corrected chi connectivity index (χ2v) is 6.47. The first kappa shape index (κ1) is 20.0. The molecular weight excluding hydrogens is 335 g/mol. The van der Waals surface area contributed by atoms with Crippen LogP contribution in [0.5, 0.6) is 0 Å². The second kappa shape index (κ2) is 7.71. The van der Waals surface area contributed by atoms with Crippen LogP contribution in [-0.4, -0.2) is 44.1 Å². The van der Waals surface area contributed by atoms with Crippen molar-refractivity contribution in [3.63, 3.8) is 0 Å². The molecule has 0 aromatic rings. The summed E-state index contributed by atoms with van der Waals surface area (Å²) < 4.78 is 12.2. The summed E-state index contributed by atoms with van der Waals surface area (Å²) in [6.45, 7) is 2.72. The third kappa shape index (κ3) is 3.74. The maximum Gasteiger partial charge on any atom is 1.00 e. The molecular formula is C13H15N2NaO6S. The van der Waals surface area contributed by atoms with Gasteiger partial charge in [0.05, 0.1) is 40.5 Å². The number of hydrogen-bond donors (Lipinski definition) is 2.